The SMILES string of the molecule is Cc1cc(/C=C2\SC(=O)N(c3ccccc3Cl)C2=O)c(C)n1-c1ccc(N2CCOCC2)c(Br)c1. The summed E-state index contributed by atoms with van der Waals surface area (Å²) in [5.74, 6) is -0.365. The number of aryl methyl sites for hydroxylation is 1. The summed E-state index contributed by atoms with van der Waals surface area (Å²) in [7, 11) is 0. The first-order valence-electron chi connectivity index (χ1n) is 11.2. The summed E-state index contributed by atoms with van der Waals surface area (Å²) in [5, 5.41) is 0.00567. The van der Waals surface area contributed by atoms with E-state index in [9.17, 15) is 9.59 Å². The first-order chi connectivity index (χ1) is 16.8. The van der Waals surface area contributed by atoms with Gasteiger partial charge in [0.2, 0.25) is 0 Å². The zero-order valence-corrected chi connectivity index (χ0v) is 22.4. The van der Waals surface area contributed by atoms with Crippen molar-refractivity contribution in [1.29, 1.82) is 0 Å². The van der Waals surface area contributed by atoms with Crippen LogP contribution in [-0.4, -0.2) is 42.0 Å². The number of ether oxygens (including phenoxy) is 1. The molecule has 1 aromatic heterocycles. The fourth-order valence-corrected chi connectivity index (χ4v) is 6.14. The molecule has 2 aromatic carbocycles. The molecule has 0 N–H and O–H groups in total. The number of hydrogen-bond acceptors (Lipinski definition) is 5. The molecule has 0 atom stereocenters. The van der Waals surface area contributed by atoms with E-state index in [0.717, 1.165) is 75.8 Å². The number of rotatable bonds is 4. The minimum absolute atomic E-state index is 0.356. The lowest BCUT2D eigenvalue weighted by molar-refractivity contribution is -0.113. The molecular formula is C26H23BrClN3O3S. The number of amides is 2. The van der Waals surface area contributed by atoms with Crippen LogP contribution < -0.4 is 9.80 Å². The maximum absolute atomic E-state index is 13.1. The van der Waals surface area contributed by atoms with Gasteiger partial charge in [-0.2, -0.15) is 0 Å². The van der Waals surface area contributed by atoms with E-state index in [4.69, 9.17) is 16.3 Å². The van der Waals surface area contributed by atoms with Gasteiger partial charge in [-0.25, -0.2) is 4.90 Å². The Morgan fingerprint density at radius 3 is 2.49 bits per heavy atom. The summed E-state index contributed by atoms with van der Waals surface area (Å²) in [4.78, 5) is 29.6. The van der Waals surface area contributed by atoms with E-state index in [2.05, 4.69) is 43.6 Å². The Kier molecular flexibility index (Phi) is 6.81. The van der Waals surface area contributed by atoms with Crippen molar-refractivity contribution in [2.45, 2.75) is 13.8 Å². The van der Waals surface area contributed by atoms with Crippen LogP contribution in [0.5, 0.6) is 0 Å². The quantitative estimate of drug-likeness (QED) is 0.330. The average Bonchev–Trinajstić information content (AvgIpc) is 3.28. The second-order valence-corrected chi connectivity index (χ2v) is 10.6. The number of aromatic nitrogens is 1. The summed E-state index contributed by atoms with van der Waals surface area (Å²) in [6, 6.07) is 15.2. The Balaban J connectivity index is 1.45. The molecule has 0 radical (unpaired) electrons. The largest absolute Gasteiger partial charge is 0.378 e. The van der Waals surface area contributed by atoms with E-state index >= 15 is 0 Å². The molecule has 2 aliphatic heterocycles. The van der Waals surface area contributed by atoms with Crippen LogP contribution in [0.1, 0.15) is 17.0 Å². The van der Waals surface area contributed by atoms with Gasteiger partial charge in [0.05, 0.1) is 34.5 Å². The van der Waals surface area contributed by atoms with Gasteiger partial charge in [0.25, 0.3) is 11.1 Å². The monoisotopic (exact) mass is 571 g/mol. The van der Waals surface area contributed by atoms with Crippen molar-refractivity contribution in [2.24, 2.45) is 0 Å². The summed E-state index contributed by atoms with van der Waals surface area (Å²) < 4.78 is 8.64. The molecule has 0 bridgehead atoms. The highest BCUT2D eigenvalue weighted by Gasteiger charge is 2.37. The molecule has 2 fully saturated rings. The second kappa shape index (κ2) is 9.85. The minimum Gasteiger partial charge on any atom is -0.378 e. The van der Waals surface area contributed by atoms with Crippen LogP contribution in [-0.2, 0) is 9.53 Å². The average molecular weight is 573 g/mol. The van der Waals surface area contributed by atoms with E-state index in [1.54, 1.807) is 30.3 Å². The standard InChI is InChI=1S/C26H23BrClN3O3S/c1-16-13-18(14-24-25(32)31(26(33)35-24)23-6-4-3-5-21(23)28)17(2)30(16)19-7-8-22(20(27)15-19)29-9-11-34-12-10-29/h3-8,13-15H,9-12H2,1-2H3/b24-14-. The zero-order valence-electron chi connectivity index (χ0n) is 19.3. The fourth-order valence-electron chi connectivity index (χ4n) is 4.48. The van der Waals surface area contributed by atoms with Gasteiger partial charge in [0, 0.05) is 34.6 Å². The normalized spacial score (nSPS) is 17.7. The van der Waals surface area contributed by atoms with Gasteiger partial charge >= 0.3 is 0 Å². The first kappa shape index (κ1) is 24.2. The second-order valence-electron chi connectivity index (χ2n) is 8.37. The molecule has 2 saturated heterocycles. The molecule has 3 aromatic rings. The number of anilines is 2. The molecule has 0 aliphatic carbocycles. The lowest BCUT2D eigenvalue weighted by Gasteiger charge is -2.30. The number of imide groups is 1. The minimum atomic E-state index is -0.365. The lowest BCUT2D eigenvalue weighted by atomic mass is 10.2. The van der Waals surface area contributed by atoms with Gasteiger partial charge < -0.3 is 14.2 Å². The maximum Gasteiger partial charge on any atom is 0.298 e. The number of hydrogen-bond donors (Lipinski definition) is 0. The third-order valence-electron chi connectivity index (χ3n) is 6.19. The Bertz CT molecular complexity index is 1360. The summed E-state index contributed by atoms with van der Waals surface area (Å²) >= 11 is 10.9. The van der Waals surface area contributed by atoms with Gasteiger partial charge in [0.15, 0.2) is 0 Å². The van der Waals surface area contributed by atoms with Crippen molar-refractivity contribution in [3.8, 4) is 5.69 Å². The van der Waals surface area contributed by atoms with Gasteiger partial charge in [-0.15, -0.1) is 0 Å². The van der Waals surface area contributed by atoms with Crippen molar-refractivity contribution < 1.29 is 14.3 Å². The summed E-state index contributed by atoms with van der Waals surface area (Å²) in [5.41, 5.74) is 5.47. The molecule has 2 aliphatic rings. The number of benzene rings is 2. The molecule has 6 nitrogen and oxygen atoms in total. The van der Waals surface area contributed by atoms with Crippen molar-refractivity contribution >= 4 is 67.9 Å². The first-order valence-corrected chi connectivity index (χ1v) is 13.2. The van der Waals surface area contributed by atoms with Crippen LogP contribution in [0.4, 0.5) is 16.2 Å². The van der Waals surface area contributed by atoms with Gasteiger partial charge in [-0.05, 0) is 89.6 Å². The van der Waals surface area contributed by atoms with Gasteiger partial charge in [-0.3, -0.25) is 9.59 Å². The van der Waals surface area contributed by atoms with Crippen LogP contribution >= 0.6 is 39.3 Å². The third kappa shape index (κ3) is 4.56. The Hall–Kier alpha value is -2.52. The fraction of sp³-hybridized carbons (Fsp3) is 0.231. The van der Waals surface area contributed by atoms with Crippen LogP contribution in [0.2, 0.25) is 5.02 Å². The maximum atomic E-state index is 13.1. The van der Waals surface area contributed by atoms with E-state index in [1.807, 2.05) is 19.9 Å². The molecule has 0 unspecified atom stereocenters. The zero-order chi connectivity index (χ0) is 24.7. The molecule has 3 heterocycles. The highest BCUT2D eigenvalue weighted by atomic mass is 79.9. The van der Waals surface area contributed by atoms with Gasteiger partial charge in [-0.1, -0.05) is 23.7 Å². The number of carbonyl (C=O) groups excluding carboxylic acids is 2. The van der Waals surface area contributed by atoms with E-state index in [1.165, 1.54) is 0 Å². The molecule has 9 heteroatoms. The van der Waals surface area contributed by atoms with E-state index in [-0.39, 0.29) is 11.1 Å². The number of morpholine rings is 1. The molecule has 2 amide bonds. The highest BCUT2D eigenvalue weighted by Crippen LogP contribution is 2.39. The van der Waals surface area contributed by atoms with Crippen LogP contribution in [0.15, 0.2) is 57.9 Å². The van der Waals surface area contributed by atoms with Crippen LogP contribution in [0.3, 0.4) is 0 Å². The number of nitrogens with zero attached hydrogens (tertiary/aromatic N) is 3. The summed E-state index contributed by atoms with van der Waals surface area (Å²) in [6.07, 6.45) is 1.79. The molecular weight excluding hydrogens is 550 g/mol. The Labute approximate surface area is 221 Å². The number of para-hydroxylation sites is 1. The third-order valence-corrected chi connectivity index (χ3v) is 8.01. The lowest BCUT2D eigenvalue weighted by Crippen LogP contribution is -2.36. The molecule has 5 rings (SSSR count). The van der Waals surface area contributed by atoms with Crippen molar-refractivity contribution in [2.75, 3.05) is 36.1 Å². The topological polar surface area (TPSA) is 54.8 Å². The predicted molar refractivity (Wildman–Crippen MR) is 146 cm³/mol. The van der Waals surface area contributed by atoms with Gasteiger partial charge in [0.1, 0.15) is 0 Å². The number of halogens is 2. The molecule has 35 heavy (non-hydrogen) atoms. The van der Waals surface area contributed by atoms with E-state index in [0.29, 0.717) is 15.6 Å². The number of carbonyl (C=O) groups is 2. The van der Waals surface area contributed by atoms with E-state index < -0.39 is 0 Å². The predicted octanol–water partition coefficient (Wildman–Crippen LogP) is 6.59. The Morgan fingerprint density at radius 1 is 1.03 bits per heavy atom. The molecule has 180 valence electrons. The number of thioether (sulfide) groups is 1. The van der Waals surface area contributed by atoms with Crippen molar-refractivity contribution in [3.63, 3.8) is 0 Å². The Morgan fingerprint density at radius 2 is 1.77 bits per heavy atom. The van der Waals surface area contributed by atoms with Crippen LogP contribution in [0.25, 0.3) is 11.8 Å². The summed E-state index contributed by atoms with van der Waals surface area (Å²) in [6.45, 7) is 7.24. The smallest absolute Gasteiger partial charge is 0.298 e. The molecule has 0 spiro atoms. The molecule has 0 saturated carbocycles. The van der Waals surface area contributed by atoms with Crippen molar-refractivity contribution in [3.05, 3.63) is 79.9 Å². The highest BCUT2D eigenvalue weighted by molar-refractivity contribution is 9.10. The van der Waals surface area contributed by atoms with Crippen LogP contribution in [0, 0.1) is 13.8 Å². The van der Waals surface area contributed by atoms with Crippen molar-refractivity contribution in [1.82, 2.24) is 4.57 Å².